The molecule has 2 nitrogen and oxygen atoms in total. The first kappa shape index (κ1) is 14.0. The monoisotopic (exact) mass is 358 g/mol. The van der Waals surface area contributed by atoms with Crippen LogP contribution in [0.2, 0.25) is 0 Å². The lowest BCUT2D eigenvalue weighted by molar-refractivity contribution is 0.319. The van der Waals surface area contributed by atoms with Gasteiger partial charge < -0.3 is 11.1 Å². The van der Waals surface area contributed by atoms with E-state index >= 15 is 0 Å². The molecular formula is C15H23IN2. The van der Waals surface area contributed by atoms with E-state index in [4.69, 9.17) is 5.73 Å². The fourth-order valence-electron chi connectivity index (χ4n) is 2.89. The van der Waals surface area contributed by atoms with E-state index in [1.807, 2.05) is 6.07 Å². The Balaban J connectivity index is 1.87. The fourth-order valence-corrected chi connectivity index (χ4v) is 3.40. The van der Waals surface area contributed by atoms with Crippen LogP contribution in [-0.2, 0) is 0 Å². The van der Waals surface area contributed by atoms with Crippen molar-refractivity contribution in [3.05, 3.63) is 21.8 Å². The number of nitrogen functional groups attached to an aromatic ring is 1. The summed E-state index contributed by atoms with van der Waals surface area (Å²) < 4.78 is 1.20. The van der Waals surface area contributed by atoms with Crippen LogP contribution >= 0.6 is 22.6 Å². The van der Waals surface area contributed by atoms with Crippen molar-refractivity contribution in [2.45, 2.75) is 51.5 Å². The fraction of sp³-hybridized carbons (Fsp3) is 0.600. The zero-order chi connectivity index (χ0) is 13.0. The molecule has 0 aromatic heterocycles. The normalized spacial score (nSPS) is 23.9. The molecule has 1 aliphatic rings. The number of nitrogens with two attached hydrogens (primary N) is 1. The molecule has 18 heavy (non-hydrogen) atoms. The second-order valence-electron chi connectivity index (χ2n) is 5.38. The summed E-state index contributed by atoms with van der Waals surface area (Å²) in [5.74, 6) is 0.960. The second-order valence-corrected chi connectivity index (χ2v) is 6.63. The maximum atomic E-state index is 6.05. The maximum absolute atomic E-state index is 6.05. The molecule has 0 saturated heterocycles. The first-order valence-corrected chi connectivity index (χ1v) is 8.08. The van der Waals surface area contributed by atoms with Crippen molar-refractivity contribution in [2.75, 3.05) is 11.1 Å². The predicted octanol–water partition coefficient (Wildman–Crippen LogP) is 4.64. The Morgan fingerprint density at radius 2 is 2.00 bits per heavy atom. The minimum absolute atomic E-state index is 0.612. The lowest BCUT2D eigenvalue weighted by Gasteiger charge is -2.30. The topological polar surface area (TPSA) is 38.0 Å². The van der Waals surface area contributed by atoms with Gasteiger partial charge in [-0.15, -0.1) is 0 Å². The van der Waals surface area contributed by atoms with E-state index in [0.29, 0.717) is 6.04 Å². The van der Waals surface area contributed by atoms with Crippen molar-refractivity contribution in [2.24, 2.45) is 5.92 Å². The van der Waals surface area contributed by atoms with E-state index in [0.717, 1.165) is 17.3 Å². The standard InChI is InChI=1S/C15H23IN2/c1-2-3-11-4-7-13(8-5-11)18-15-9-6-12(16)10-14(15)17/h6,9-11,13,18H,2-5,7-8,17H2,1H3. The Bertz CT molecular complexity index is 384. The molecule has 1 saturated carbocycles. The van der Waals surface area contributed by atoms with Crippen LogP contribution in [0, 0.1) is 9.49 Å². The summed E-state index contributed by atoms with van der Waals surface area (Å²) in [6.07, 6.45) is 8.04. The third-order valence-corrected chi connectivity index (χ3v) is 4.59. The van der Waals surface area contributed by atoms with Crippen LogP contribution in [0.25, 0.3) is 0 Å². The molecule has 1 aromatic carbocycles. The molecule has 3 heteroatoms. The number of rotatable bonds is 4. The molecule has 100 valence electrons. The Morgan fingerprint density at radius 1 is 1.28 bits per heavy atom. The van der Waals surface area contributed by atoms with Crippen LogP contribution in [-0.4, -0.2) is 6.04 Å². The number of nitrogens with one attached hydrogen (secondary N) is 1. The van der Waals surface area contributed by atoms with Gasteiger partial charge >= 0.3 is 0 Å². The van der Waals surface area contributed by atoms with Crippen molar-refractivity contribution in [3.8, 4) is 0 Å². The largest absolute Gasteiger partial charge is 0.397 e. The van der Waals surface area contributed by atoms with Gasteiger partial charge in [0.15, 0.2) is 0 Å². The molecule has 0 bridgehead atoms. The van der Waals surface area contributed by atoms with E-state index in [9.17, 15) is 0 Å². The minimum atomic E-state index is 0.612. The maximum Gasteiger partial charge on any atom is 0.0576 e. The van der Waals surface area contributed by atoms with Crippen LogP contribution < -0.4 is 11.1 Å². The molecular weight excluding hydrogens is 335 g/mol. The number of anilines is 2. The van der Waals surface area contributed by atoms with Gasteiger partial charge in [0, 0.05) is 9.61 Å². The molecule has 0 amide bonds. The molecule has 1 aliphatic carbocycles. The molecule has 1 aromatic rings. The highest BCUT2D eigenvalue weighted by Crippen LogP contribution is 2.31. The van der Waals surface area contributed by atoms with Gasteiger partial charge in [-0.2, -0.15) is 0 Å². The number of hydrogen-bond donors (Lipinski definition) is 2. The summed E-state index contributed by atoms with van der Waals surface area (Å²) in [5.41, 5.74) is 8.02. The average molecular weight is 358 g/mol. The molecule has 0 atom stereocenters. The minimum Gasteiger partial charge on any atom is -0.397 e. The quantitative estimate of drug-likeness (QED) is 0.608. The van der Waals surface area contributed by atoms with Crippen molar-refractivity contribution < 1.29 is 0 Å². The van der Waals surface area contributed by atoms with E-state index in [-0.39, 0.29) is 0 Å². The second kappa shape index (κ2) is 6.64. The smallest absolute Gasteiger partial charge is 0.0576 e. The van der Waals surface area contributed by atoms with E-state index in [1.54, 1.807) is 0 Å². The van der Waals surface area contributed by atoms with Gasteiger partial charge in [-0.3, -0.25) is 0 Å². The molecule has 0 radical (unpaired) electrons. The van der Waals surface area contributed by atoms with Gasteiger partial charge in [-0.05, 0) is 72.4 Å². The molecule has 0 heterocycles. The highest BCUT2D eigenvalue weighted by atomic mass is 127. The van der Waals surface area contributed by atoms with Gasteiger partial charge in [-0.25, -0.2) is 0 Å². The SMILES string of the molecule is CCCC1CCC(Nc2ccc(I)cc2N)CC1. The van der Waals surface area contributed by atoms with Gasteiger partial charge in [-0.1, -0.05) is 19.8 Å². The average Bonchev–Trinajstić information content (AvgIpc) is 2.35. The summed E-state index contributed by atoms with van der Waals surface area (Å²) in [6.45, 7) is 2.29. The molecule has 1 fully saturated rings. The summed E-state index contributed by atoms with van der Waals surface area (Å²) in [5, 5.41) is 3.61. The van der Waals surface area contributed by atoms with Crippen LogP contribution in [0.4, 0.5) is 11.4 Å². The Morgan fingerprint density at radius 3 is 2.61 bits per heavy atom. The molecule has 0 spiro atoms. The number of halogens is 1. The van der Waals surface area contributed by atoms with Gasteiger partial charge in [0.05, 0.1) is 11.4 Å². The van der Waals surface area contributed by atoms with Crippen molar-refractivity contribution in [3.63, 3.8) is 0 Å². The molecule has 0 aliphatic heterocycles. The Kier molecular flexibility index (Phi) is 5.15. The summed E-state index contributed by atoms with van der Waals surface area (Å²) in [7, 11) is 0. The highest BCUT2D eigenvalue weighted by molar-refractivity contribution is 14.1. The summed E-state index contributed by atoms with van der Waals surface area (Å²) in [6, 6.07) is 6.86. The highest BCUT2D eigenvalue weighted by Gasteiger charge is 2.20. The first-order valence-electron chi connectivity index (χ1n) is 7.00. The van der Waals surface area contributed by atoms with Crippen molar-refractivity contribution in [1.82, 2.24) is 0 Å². The van der Waals surface area contributed by atoms with E-state index in [2.05, 4.69) is 47.0 Å². The molecule has 0 unspecified atom stereocenters. The first-order chi connectivity index (χ1) is 8.69. The van der Waals surface area contributed by atoms with Crippen molar-refractivity contribution in [1.29, 1.82) is 0 Å². The van der Waals surface area contributed by atoms with Crippen LogP contribution in [0.1, 0.15) is 45.4 Å². The van der Waals surface area contributed by atoms with Crippen LogP contribution in [0.3, 0.4) is 0 Å². The Hall–Kier alpha value is -0.450. The van der Waals surface area contributed by atoms with Gasteiger partial charge in [0.1, 0.15) is 0 Å². The molecule has 3 N–H and O–H groups in total. The van der Waals surface area contributed by atoms with Gasteiger partial charge in [0.25, 0.3) is 0 Å². The number of hydrogen-bond acceptors (Lipinski definition) is 2. The van der Waals surface area contributed by atoms with E-state index < -0.39 is 0 Å². The van der Waals surface area contributed by atoms with Crippen LogP contribution in [0.5, 0.6) is 0 Å². The third-order valence-electron chi connectivity index (χ3n) is 3.92. The van der Waals surface area contributed by atoms with E-state index in [1.165, 1.54) is 42.1 Å². The lowest BCUT2D eigenvalue weighted by Crippen LogP contribution is -2.26. The number of benzene rings is 1. The Labute approximate surface area is 124 Å². The zero-order valence-corrected chi connectivity index (χ0v) is 13.2. The van der Waals surface area contributed by atoms with Gasteiger partial charge in [0.2, 0.25) is 0 Å². The van der Waals surface area contributed by atoms with Crippen molar-refractivity contribution >= 4 is 34.0 Å². The summed E-state index contributed by atoms with van der Waals surface area (Å²) in [4.78, 5) is 0. The zero-order valence-electron chi connectivity index (χ0n) is 11.1. The third kappa shape index (κ3) is 3.77. The molecule has 2 rings (SSSR count). The lowest BCUT2D eigenvalue weighted by atomic mass is 9.83. The van der Waals surface area contributed by atoms with Crippen LogP contribution in [0.15, 0.2) is 18.2 Å². The summed E-state index contributed by atoms with van der Waals surface area (Å²) >= 11 is 2.30. The predicted molar refractivity (Wildman–Crippen MR) is 87.8 cm³/mol.